The minimum atomic E-state index is -0.0413. The Labute approximate surface area is 135 Å². The first-order valence-electron chi connectivity index (χ1n) is 7.74. The number of hydrogen-bond donors (Lipinski definition) is 1. The molecule has 1 fully saturated rings. The lowest BCUT2D eigenvalue weighted by Gasteiger charge is -2.32. The Kier molecular flexibility index (Phi) is 6.83. The molecule has 0 spiro atoms. The van der Waals surface area contributed by atoms with E-state index in [4.69, 9.17) is 15.2 Å². The quantitative estimate of drug-likeness (QED) is 0.536. The summed E-state index contributed by atoms with van der Waals surface area (Å²) in [4.78, 5) is 26.6. The summed E-state index contributed by atoms with van der Waals surface area (Å²) < 4.78 is 10.8. The van der Waals surface area contributed by atoms with Crippen molar-refractivity contribution in [3.8, 4) is 5.75 Å². The lowest BCUT2D eigenvalue weighted by molar-refractivity contribution is -0.119. The summed E-state index contributed by atoms with van der Waals surface area (Å²) in [6.07, 6.45) is 0.822. The van der Waals surface area contributed by atoms with E-state index in [1.807, 2.05) is 6.07 Å². The molecule has 0 saturated carbocycles. The molecule has 2 N–H and O–H groups in total. The van der Waals surface area contributed by atoms with Gasteiger partial charge in [-0.15, -0.1) is 0 Å². The number of carbonyl (C=O) groups excluding carboxylic acids is 2. The topological polar surface area (TPSA) is 85.1 Å². The molecule has 2 rings (SSSR count). The monoisotopic (exact) mass is 321 g/mol. The first-order valence-corrected chi connectivity index (χ1v) is 7.74. The third-order valence-corrected chi connectivity index (χ3v) is 3.59. The van der Waals surface area contributed by atoms with Gasteiger partial charge in [0.1, 0.15) is 12.4 Å². The molecule has 7 heteroatoms. The van der Waals surface area contributed by atoms with E-state index >= 15 is 0 Å². The molecule has 2 amide bonds. The second-order valence-corrected chi connectivity index (χ2v) is 5.21. The van der Waals surface area contributed by atoms with Crippen LogP contribution in [0.25, 0.3) is 0 Å². The van der Waals surface area contributed by atoms with Crippen molar-refractivity contribution in [1.29, 1.82) is 0 Å². The van der Waals surface area contributed by atoms with Crippen LogP contribution in [0.5, 0.6) is 5.75 Å². The van der Waals surface area contributed by atoms with Crippen LogP contribution in [-0.2, 0) is 9.53 Å². The van der Waals surface area contributed by atoms with Crippen molar-refractivity contribution in [2.24, 2.45) is 5.73 Å². The van der Waals surface area contributed by atoms with Crippen LogP contribution in [0.2, 0.25) is 0 Å². The SMILES string of the molecule is NCCOCCOc1cccc(C(=O)N2CCN(C=O)CC2)c1. The molecule has 0 atom stereocenters. The van der Waals surface area contributed by atoms with Crippen molar-refractivity contribution < 1.29 is 19.1 Å². The lowest BCUT2D eigenvalue weighted by atomic mass is 10.1. The van der Waals surface area contributed by atoms with Gasteiger partial charge in [-0.25, -0.2) is 0 Å². The third kappa shape index (κ3) is 5.22. The summed E-state index contributed by atoms with van der Waals surface area (Å²) >= 11 is 0. The average Bonchev–Trinajstić information content (AvgIpc) is 2.61. The minimum Gasteiger partial charge on any atom is -0.491 e. The van der Waals surface area contributed by atoms with Crippen LogP contribution >= 0.6 is 0 Å². The van der Waals surface area contributed by atoms with Crippen LogP contribution in [0.3, 0.4) is 0 Å². The predicted octanol–water partition coefficient (Wildman–Crippen LogP) is -0.0451. The molecule has 0 aromatic heterocycles. The molecule has 1 aromatic carbocycles. The summed E-state index contributed by atoms with van der Waals surface area (Å²) in [5, 5.41) is 0. The van der Waals surface area contributed by atoms with E-state index in [1.165, 1.54) is 0 Å². The van der Waals surface area contributed by atoms with Gasteiger partial charge in [0.15, 0.2) is 0 Å². The first-order chi connectivity index (χ1) is 11.2. The van der Waals surface area contributed by atoms with Crippen molar-refractivity contribution in [2.75, 3.05) is 52.5 Å². The Hall–Kier alpha value is -2.12. The van der Waals surface area contributed by atoms with Crippen LogP contribution in [0.15, 0.2) is 24.3 Å². The maximum atomic E-state index is 12.5. The number of piperazine rings is 1. The van der Waals surface area contributed by atoms with Crippen LogP contribution in [0.4, 0.5) is 0 Å². The highest BCUT2D eigenvalue weighted by Crippen LogP contribution is 2.16. The summed E-state index contributed by atoms with van der Waals surface area (Å²) in [7, 11) is 0. The van der Waals surface area contributed by atoms with Gasteiger partial charge < -0.3 is 25.0 Å². The molecule has 0 aliphatic carbocycles. The van der Waals surface area contributed by atoms with Gasteiger partial charge in [-0.3, -0.25) is 9.59 Å². The molecule has 23 heavy (non-hydrogen) atoms. The highest BCUT2D eigenvalue weighted by molar-refractivity contribution is 5.94. The van der Waals surface area contributed by atoms with Crippen LogP contribution in [0, 0.1) is 0 Å². The fourth-order valence-electron chi connectivity index (χ4n) is 2.34. The Morgan fingerprint density at radius 2 is 1.96 bits per heavy atom. The smallest absolute Gasteiger partial charge is 0.254 e. The summed E-state index contributed by atoms with van der Waals surface area (Å²) in [6.45, 7) is 4.12. The molecule has 7 nitrogen and oxygen atoms in total. The zero-order valence-corrected chi connectivity index (χ0v) is 13.1. The molecule has 1 heterocycles. The second kappa shape index (κ2) is 9.12. The summed E-state index contributed by atoms with van der Waals surface area (Å²) in [6, 6.07) is 7.11. The van der Waals surface area contributed by atoms with E-state index in [0.29, 0.717) is 63.9 Å². The van der Waals surface area contributed by atoms with Gasteiger partial charge in [-0.1, -0.05) is 6.07 Å². The van der Waals surface area contributed by atoms with Gasteiger partial charge in [0.25, 0.3) is 5.91 Å². The van der Waals surface area contributed by atoms with Gasteiger partial charge in [-0.2, -0.15) is 0 Å². The van der Waals surface area contributed by atoms with Crippen LogP contribution < -0.4 is 10.5 Å². The number of rotatable bonds is 8. The van der Waals surface area contributed by atoms with Crippen molar-refractivity contribution in [3.63, 3.8) is 0 Å². The number of ether oxygens (including phenoxy) is 2. The highest BCUT2D eigenvalue weighted by Gasteiger charge is 2.21. The number of nitrogens with two attached hydrogens (primary N) is 1. The van der Waals surface area contributed by atoms with E-state index in [9.17, 15) is 9.59 Å². The van der Waals surface area contributed by atoms with Crippen molar-refractivity contribution in [1.82, 2.24) is 9.80 Å². The molecule has 1 aromatic rings. The fourth-order valence-corrected chi connectivity index (χ4v) is 2.34. The Balaban J connectivity index is 1.86. The van der Waals surface area contributed by atoms with E-state index in [-0.39, 0.29) is 5.91 Å². The van der Waals surface area contributed by atoms with Gasteiger partial charge in [0.2, 0.25) is 6.41 Å². The van der Waals surface area contributed by atoms with E-state index < -0.39 is 0 Å². The Bertz CT molecular complexity index is 516. The zero-order valence-electron chi connectivity index (χ0n) is 13.1. The van der Waals surface area contributed by atoms with Crippen molar-refractivity contribution >= 4 is 12.3 Å². The molecule has 1 aliphatic heterocycles. The molecule has 0 bridgehead atoms. The summed E-state index contributed by atoms with van der Waals surface area (Å²) in [5.74, 6) is 0.596. The predicted molar refractivity (Wildman–Crippen MR) is 85.4 cm³/mol. The normalized spacial score (nSPS) is 14.7. The largest absolute Gasteiger partial charge is 0.491 e. The van der Waals surface area contributed by atoms with Crippen molar-refractivity contribution in [2.45, 2.75) is 0 Å². The van der Waals surface area contributed by atoms with Crippen LogP contribution in [-0.4, -0.2) is 74.7 Å². The number of amides is 2. The van der Waals surface area contributed by atoms with E-state index in [1.54, 1.807) is 28.0 Å². The number of benzene rings is 1. The van der Waals surface area contributed by atoms with Gasteiger partial charge >= 0.3 is 0 Å². The molecule has 1 aliphatic rings. The molecular formula is C16H23N3O4. The van der Waals surface area contributed by atoms with E-state index in [2.05, 4.69) is 0 Å². The molecule has 126 valence electrons. The maximum absolute atomic E-state index is 12.5. The molecular weight excluding hydrogens is 298 g/mol. The average molecular weight is 321 g/mol. The van der Waals surface area contributed by atoms with Crippen LogP contribution in [0.1, 0.15) is 10.4 Å². The Morgan fingerprint density at radius 3 is 2.65 bits per heavy atom. The second-order valence-electron chi connectivity index (χ2n) is 5.21. The maximum Gasteiger partial charge on any atom is 0.254 e. The minimum absolute atomic E-state index is 0.0413. The zero-order chi connectivity index (χ0) is 16.5. The summed E-state index contributed by atoms with van der Waals surface area (Å²) in [5.41, 5.74) is 5.92. The third-order valence-electron chi connectivity index (χ3n) is 3.59. The van der Waals surface area contributed by atoms with E-state index in [0.717, 1.165) is 6.41 Å². The molecule has 0 unspecified atom stereocenters. The molecule has 1 saturated heterocycles. The Morgan fingerprint density at radius 1 is 1.17 bits per heavy atom. The number of hydrogen-bond acceptors (Lipinski definition) is 5. The van der Waals surface area contributed by atoms with Gasteiger partial charge in [0.05, 0.1) is 13.2 Å². The lowest BCUT2D eigenvalue weighted by Crippen LogP contribution is -2.48. The number of nitrogens with zero attached hydrogens (tertiary/aromatic N) is 2. The standard InChI is InChI=1S/C16H23N3O4/c17-4-9-22-10-11-23-15-3-1-2-14(12-15)16(21)19-7-5-18(13-20)6-8-19/h1-3,12-13H,4-11,17H2. The number of carbonyl (C=O) groups is 2. The molecule has 0 radical (unpaired) electrons. The highest BCUT2D eigenvalue weighted by atomic mass is 16.5. The fraction of sp³-hybridized carbons (Fsp3) is 0.500. The van der Waals surface area contributed by atoms with Gasteiger partial charge in [-0.05, 0) is 18.2 Å². The van der Waals surface area contributed by atoms with Crippen molar-refractivity contribution in [3.05, 3.63) is 29.8 Å². The van der Waals surface area contributed by atoms with Gasteiger partial charge in [0, 0.05) is 38.3 Å². The first kappa shape index (κ1) is 17.2.